The molecule has 3 heterocycles. The highest BCUT2D eigenvalue weighted by molar-refractivity contribution is 6.32. The van der Waals surface area contributed by atoms with Gasteiger partial charge in [0.1, 0.15) is 18.5 Å². The van der Waals surface area contributed by atoms with E-state index in [0.29, 0.717) is 69.3 Å². The first kappa shape index (κ1) is 27.8. The van der Waals surface area contributed by atoms with Gasteiger partial charge in [0.05, 0.1) is 30.3 Å². The Bertz CT molecular complexity index is 1270. The Morgan fingerprint density at radius 3 is 2.62 bits per heavy atom. The number of carbonyl (C=O) groups is 1. The summed E-state index contributed by atoms with van der Waals surface area (Å²) in [6.45, 7) is 6.20. The van der Waals surface area contributed by atoms with Crippen LogP contribution in [-0.4, -0.2) is 68.0 Å². The summed E-state index contributed by atoms with van der Waals surface area (Å²) in [5.74, 6) is 1.46. The van der Waals surface area contributed by atoms with Gasteiger partial charge in [0.15, 0.2) is 11.5 Å². The van der Waals surface area contributed by atoms with E-state index in [2.05, 4.69) is 15.2 Å². The number of hydrogen-bond acceptors (Lipinski definition) is 7. The van der Waals surface area contributed by atoms with Gasteiger partial charge in [-0.3, -0.25) is 14.5 Å². The number of rotatable bonds is 7. The van der Waals surface area contributed by atoms with Crippen molar-refractivity contribution in [1.29, 1.82) is 0 Å². The average Bonchev–Trinajstić information content (AvgIpc) is 3.43. The van der Waals surface area contributed by atoms with E-state index < -0.39 is 0 Å². The predicted octanol–water partition coefficient (Wildman–Crippen LogP) is 4.00. The first-order chi connectivity index (χ1) is 18.8. The van der Waals surface area contributed by atoms with Crippen molar-refractivity contribution in [2.75, 3.05) is 33.9 Å². The lowest BCUT2D eigenvalue weighted by molar-refractivity contribution is 0.0197. The molecule has 2 fully saturated rings. The maximum Gasteiger partial charge on any atom is 0.256 e. The van der Waals surface area contributed by atoms with Gasteiger partial charge in [0, 0.05) is 43.1 Å². The van der Waals surface area contributed by atoms with Crippen molar-refractivity contribution in [2.24, 2.45) is 5.92 Å². The molecule has 0 unspecified atom stereocenters. The number of benzene rings is 1. The minimum Gasteiger partial charge on any atom is -0.496 e. The third-order valence-electron chi connectivity index (χ3n) is 8.51. The van der Waals surface area contributed by atoms with E-state index in [1.54, 1.807) is 26.2 Å². The standard InChI is InChI=1S/C29H38ClN3O6/c1-16-11-24(37-4)22(29(35)32-16)13-31-28(34)21-12-23(30)27-26(17(21)2)39-25(15-38-27)18-5-7-19(8-6-18)33-10-9-20(14-33)36-3/h11-12,18-20,25H,5-10,13-15H2,1-4H3,(H,31,34)(H,32,35)/t18?,19?,20-,25+/m0/s1. The van der Waals surface area contributed by atoms with E-state index in [4.69, 9.17) is 30.5 Å². The van der Waals surface area contributed by atoms with Gasteiger partial charge in [-0.2, -0.15) is 0 Å². The second-order valence-electron chi connectivity index (χ2n) is 10.9. The van der Waals surface area contributed by atoms with Crippen molar-refractivity contribution in [3.05, 3.63) is 49.9 Å². The van der Waals surface area contributed by atoms with E-state index in [1.165, 1.54) is 7.11 Å². The molecule has 212 valence electrons. The van der Waals surface area contributed by atoms with E-state index in [-0.39, 0.29) is 24.1 Å². The smallest absolute Gasteiger partial charge is 0.256 e. The van der Waals surface area contributed by atoms with Crippen LogP contribution < -0.4 is 25.1 Å². The lowest BCUT2D eigenvalue weighted by Crippen LogP contribution is -2.43. The highest BCUT2D eigenvalue weighted by atomic mass is 35.5. The van der Waals surface area contributed by atoms with Crippen LogP contribution in [0.5, 0.6) is 17.2 Å². The van der Waals surface area contributed by atoms with Gasteiger partial charge in [0.25, 0.3) is 11.5 Å². The molecule has 2 N–H and O–H groups in total. The Labute approximate surface area is 234 Å². The molecule has 5 rings (SSSR count). The number of methoxy groups -OCH3 is 2. The molecule has 2 aromatic rings. The van der Waals surface area contributed by atoms with Crippen molar-refractivity contribution in [3.63, 3.8) is 0 Å². The summed E-state index contributed by atoms with van der Waals surface area (Å²) in [5, 5.41) is 3.16. The molecule has 2 atom stereocenters. The summed E-state index contributed by atoms with van der Waals surface area (Å²) in [4.78, 5) is 31.0. The third-order valence-corrected chi connectivity index (χ3v) is 8.79. The second-order valence-corrected chi connectivity index (χ2v) is 11.3. The number of nitrogens with one attached hydrogen (secondary N) is 2. The highest BCUT2D eigenvalue weighted by Crippen LogP contribution is 2.45. The number of nitrogens with zero attached hydrogens (tertiary/aromatic N) is 1. The topological polar surface area (TPSA) is 102 Å². The monoisotopic (exact) mass is 559 g/mol. The van der Waals surface area contributed by atoms with Crippen LogP contribution in [0.3, 0.4) is 0 Å². The van der Waals surface area contributed by atoms with Crippen molar-refractivity contribution in [1.82, 2.24) is 15.2 Å². The van der Waals surface area contributed by atoms with Crippen molar-refractivity contribution in [3.8, 4) is 17.2 Å². The second kappa shape index (κ2) is 11.8. The minimum atomic E-state index is -0.356. The first-order valence-corrected chi connectivity index (χ1v) is 14.1. The van der Waals surface area contributed by atoms with Gasteiger partial charge in [-0.05, 0) is 64.0 Å². The Morgan fingerprint density at radius 2 is 1.92 bits per heavy atom. The van der Waals surface area contributed by atoms with Crippen LogP contribution in [0, 0.1) is 19.8 Å². The molecular formula is C29H38ClN3O6. The van der Waals surface area contributed by atoms with Crippen LogP contribution in [0.4, 0.5) is 0 Å². The summed E-state index contributed by atoms with van der Waals surface area (Å²) in [7, 11) is 3.30. The summed E-state index contributed by atoms with van der Waals surface area (Å²) in [5.41, 5.74) is 1.78. The van der Waals surface area contributed by atoms with Gasteiger partial charge in [-0.25, -0.2) is 0 Å². The van der Waals surface area contributed by atoms with Crippen molar-refractivity contribution < 1.29 is 23.7 Å². The number of aromatic amines is 1. The number of fused-ring (bicyclic) bond motifs is 1. The van der Waals surface area contributed by atoms with Gasteiger partial charge >= 0.3 is 0 Å². The van der Waals surface area contributed by atoms with Crippen LogP contribution in [0.25, 0.3) is 0 Å². The zero-order valence-corrected chi connectivity index (χ0v) is 23.9. The normalized spacial score (nSPS) is 24.9. The molecular weight excluding hydrogens is 522 g/mol. The lowest BCUT2D eigenvalue weighted by Gasteiger charge is -2.39. The van der Waals surface area contributed by atoms with Crippen molar-refractivity contribution >= 4 is 17.5 Å². The van der Waals surface area contributed by atoms with E-state index >= 15 is 0 Å². The Kier molecular flexibility index (Phi) is 8.40. The number of aromatic nitrogens is 1. The maximum atomic E-state index is 13.2. The quantitative estimate of drug-likeness (QED) is 0.528. The van der Waals surface area contributed by atoms with Crippen LogP contribution in [0.1, 0.15) is 59.3 Å². The molecule has 1 saturated carbocycles. The van der Waals surface area contributed by atoms with Gasteiger partial charge < -0.3 is 29.2 Å². The van der Waals surface area contributed by atoms with E-state index in [0.717, 1.165) is 45.2 Å². The molecule has 1 saturated heterocycles. The molecule has 1 aromatic carbocycles. The number of halogens is 1. The zero-order valence-electron chi connectivity index (χ0n) is 23.1. The fourth-order valence-electron chi connectivity index (χ4n) is 6.21. The Balaban J connectivity index is 1.25. The third kappa shape index (κ3) is 5.76. The van der Waals surface area contributed by atoms with Gasteiger partial charge in [-0.15, -0.1) is 0 Å². The lowest BCUT2D eigenvalue weighted by atomic mass is 9.82. The summed E-state index contributed by atoms with van der Waals surface area (Å²) in [6.07, 6.45) is 5.79. The summed E-state index contributed by atoms with van der Waals surface area (Å²) >= 11 is 6.54. The Hall–Kier alpha value is -2.75. The number of H-pyrrole nitrogens is 1. The largest absolute Gasteiger partial charge is 0.496 e. The van der Waals surface area contributed by atoms with Crippen LogP contribution in [-0.2, 0) is 11.3 Å². The average molecular weight is 560 g/mol. The molecule has 1 aliphatic carbocycles. The van der Waals surface area contributed by atoms with Gasteiger partial charge in [-0.1, -0.05) is 11.6 Å². The summed E-state index contributed by atoms with van der Waals surface area (Å²) < 4.78 is 23.5. The molecule has 39 heavy (non-hydrogen) atoms. The SMILES string of the molecule is COc1cc(C)[nH]c(=O)c1CNC(=O)c1cc(Cl)c2c(c1C)O[C@@H](C1CCC(N3CC[C@H](OC)C3)CC1)CO2. The molecule has 0 radical (unpaired) electrons. The summed E-state index contributed by atoms with van der Waals surface area (Å²) in [6, 6.07) is 3.92. The van der Waals surface area contributed by atoms with Crippen LogP contribution in [0.15, 0.2) is 16.9 Å². The number of pyridine rings is 1. The maximum absolute atomic E-state index is 13.2. The molecule has 0 bridgehead atoms. The minimum absolute atomic E-state index is 0.0110. The number of aryl methyl sites for hydroxylation is 1. The fourth-order valence-corrected chi connectivity index (χ4v) is 6.46. The first-order valence-electron chi connectivity index (χ1n) is 13.7. The van der Waals surface area contributed by atoms with Gasteiger partial charge in [0.2, 0.25) is 0 Å². The number of carbonyl (C=O) groups excluding carboxylic acids is 1. The molecule has 0 spiro atoms. The number of ether oxygens (including phenoxy) is 4. The highest BCUT2D eigenvalue weighted by Gasteiger charge is 2.37. The van der Waals surface area contributed by atoms with Crippen LogP contribution >= 0.6 is 11.6 Å². The van der Waals surface area contributed by atoms with Crippen molar-refractivity contribution in [2.45, 2.75) is 70.7 Å². The predicted molar refractivity (Wildman–Crippen MR) is 148 cm³/mol. The molecule has 1 amide bonds. The number of likely N-dealkylation sites (tertiary alicyclic amines) is 1. The molecule has 2 aliphatic heterocycles. The van der Waals surface area contributed by atoms with E-state index in [1.807, 2.05) is 6.92 Å². The zero-order chi connectivity index (χ0) is 27.7. The molecule has 3 aliphatic rings. The number of hydrogen-bond donors (Lipinski definition) is 2. The number of amides is 1. The van der Waals surface area contributed by atoms with Crippen LogP contribution in [0.2, 0.25) is 5.02 Å². The fraction of sp³-hybridized carbons (Fsp3) is 0.586. The molecule has 10 heteroatoms. The molecule has 9 nitrogen and oxygen atoms in total. The molecule has 1 aromatic heterocycles. The van der Waals surface area contributed by atoms with E-state index in [9.17, 15) is 9.59 Å². The Morgan fingerprint density at radius 1 is 1.15 bits per heavy atom.